The van der Waals surface area contributed by atoms with Crippen molar-refractivity contribution < 1.29 is 5.11 Å². The van der Waals surface area contributed by atoms with Crippen LogP contribution in [0.5, 0.6) is 0 Å². The number of piperidine rings is 1. The summed E-state index contributed by atoms with van der Waals surface area (Å²) in [6.45, 7) is 2.18. The van der Waals surface area contributed by atoms with E-state index in [-0.39, 0.29) is 6.10 Å². The quantitative estimate of drug-likeness (QED) is 0.790. The third-order valence-corrected chi connectivity index (χ3v) is 3.78. The van der Waals surface area contributed by atoms with Crippen molar-refractivity contribution in [2.45, 2.75) is 31.5 Å². The minimum atomic E-state index is -0.0764. The Kier molecular flexibility index (Phi) is 2.26. The first kappa shape index (κ1) is 9.37. The number of nitrogens with zero attached hydrogens (tertiary/aromatic N) is 1. The van der Waals surface area contributed by atoms with Gasteiger partial charge in [-0.3, -0.25) is 4.90 Å². The van der Waals surface area contributed by atoms with Gasteiger partial charge in [0.1, 0.15) is 0 Å². The Bertz CT molecular complexity index is 338. The maximum absolute atomic E-state index is 9.83. The number of hydrogen-bond donors (Lipinski definition) is 1. The van der Waals surface area contributed by atoms with Gasteiger partial charge in [-0.1, -0.05) is 30.3 Å². The molecule has 0 aromatic heterocycles. The predicted molar refractivity (Wildman–Crippen MR) is 59.4 cm³/mol. The normalized spacial score (nSPS) is 34.9. The Morgan fingerprint density at radius 2 is 2.00 bits per heavy atom. The third kappa shape index (κ3) is 1.68. The molecule has 1 aliphatic carbocycles. The Labute approximate surface area is 90.5 Å². The lowest BCUT2D eigenvalue weighted by atomic mass is 10.1. The van der Waals surface area contributed by atoms with E-state index >= 15 is 0 Å². The van der Waals surface area contributed by atoms with Crippen molar-refractivity contribution in [2.24, 2.45) is 5.92 Å². The van der Waals surface area contributed by atoms with Crippen LogP contribution >= 0.6 is 0 Å². The topological polar surface area (TPSA) is 23.5 Å². The molecule has 1 aromatic carbocycles. The molecule has 1 saturated heterocycles. The summed E-state index contributed by atoms with van der Waals surface area (Å²) in [6.07, 6.45) is 2.15. The molecule has 2 nitrogen and oxygen atoms in total. The zero-order valence-corrected chi connectivity index (χ0v) is 8.84. The zero-order valence-electron chi connectivity index (χ0n) is 8.84. The molecule has 2 bridgehead atoms. The van der Waals surface area contributed by atoms with E-state index in [0.29, 0.717) is 6.04 Å². The van der Waals surface area contributed by atoms with Gasteiger partial charge >= 0.3 is 0 Å². The van der Waals surface area contributed by atoms with Crippen molar-refractivity contribution in [2.75, 3.05) is 6.54 Å². The molecule has 2 aliphatic rings. The molecule has 15 heavy (non-hydrogen) atoms. The maximum Gasteiger partial charge on any atom is 0.0698 e. The second-order valence-electron chi connectivity index (χ2n) is 4.89. The number of benzene rings is 1. The van der Waals surface area contributed by atoms with Crippen LogP contribution in [0.4, 0.5) is 0 Å². The van der Waals surface area contributed by atoms with E-state index in [9.17, 15) is 5.11 Å². The standard InChI is InChI=1S/C13H17NO/c15-13-7-11-6-12(13)14(9-11)8-10-4-2-1-3-5-10/h1-5,11-13,15H,6-9H2/t11-,12-,13-/m1/s1. The van der Waals surface area contributed by atoms with Crippen LogP contribution < -0.4 is 0 Å². The van der Waals surface area contributed by atoms with Gasteiger partial charge in [0.2, 0.25) is 0 Å². The Hall–Kier alpha value is -0.860. The minimum Gasteiger partial charge on any atom is -0.391 e. The number of hydrogen-bond acceptors (Lipinski definition) is 2. The summed E-state index contributed by atoms with van der Waals surface area (Å²) in [7, 11) is 0. The van der Waals surface area contributed by atoms with Gasteiger partial charge in [0.05, 0.1) is 6.10 Å². The summed E-state index contributed by atoms with van der Waals surface area (Å²) < 4.78 is 0. The molecule has 1 saturated carbocycles. The second kappa shape index (κ2) is 3.62. The fourth-order valence-corrected chi connectivity index (χ4v) is 3.10. The van der Waals surface area contributed by atoms with Crippen LogP contribution in [0, 0.1) is 5.92 Å². The fourth-order valence-electron chi connectivity index (χ4n) is 3.10. The molecule has 1 N–H and O–H groups in total. The number of likely N-dealkylation sites (tertiary alicyclic amines) is 1. The van der Waals surface area contributed by atoms with Crippen LogP contribution in [-0.4, -0.2) is 28.7 Å². The van der Waals surface area contributed by atoms with Crippen molar-refractivity contribution in [1.29, 1.82) is 0 Å². The molecule has 1 heterocycles. The number of aliphatic hydroxyl groups excluding tert-OH is 1. The molecular weight excluding hydrogens is 186 g/mol. The van der Waals surface area contributed by atoms with Gasteiger partial charge in [0, 0.05) is 19.1 Å². The van der Waals surface area contributed by atoms with Crippen molar-refractivity contribution in [1.82, 2.24) is 4.90 Å². The third-order valence-electron chi connectivity index (χ3n) is 3.78. The molecule has 3 atom stereocenters. The first-order valence-corrected chi connectivity index (χ1v) is 5.79. The lowest BCUT2D eigenvalue weighted by Gasteiger charge is -2.30. The van der Waals surface area contributed by atoms with Crippen LogP contribution in [0.25, 0.3) is 0 Å². The number of rotatable bonds is 2. The molecule has 0 radical (unpaired) electrons. The van der Waals surface area contributed by atoms with Crippen molar-refractivity contribution >= 4 is 0 Å². The lowest BCUT2D eigenvalue weighted by Crippen LogP contribution is -2.40. The van der Waals surface area contributed by atoms with Crippen molar-refractivity contribution in [3.63, 3.8) is 0 Å². The molecule has 1 aliphatic heterocycles. The van der Waals surface area contributed by atoms with E-state index in [1.807, 2.05) is 0 Å². The highest BCUT2D eigenvalue weighted by molar-refractivity contribution is 5.15. The average molecular weight is 203 g/mol. The van der Waals surface area contributed by atoms with Crippen LogP contribution in [0.2, 0.25) is 0 Å². The molecule has 2 heteroatoms. The van der Waals surface area contributed by atoms with Gasteiger partial charge in [0.15, 0.2) is 0 Å². The summed E-state index contributed by atoms with van der Waals surface area (Å²) >= 11 is 0. The molecule has 80 valence electrons. The number of aliphatic hydroxyl groups is 1. The highest BCUT2D eigenvalue weighted by Gasteiger charge is 2.43. The van der Waals surface area contributed by atoms with E-state index in [1.54, 1.807) is 0 Å². The molecule has 0 unspecified atom stereocenters. The summed E-state index contributed by atoms with van der Waals surface area (Å²) in [4.78, 5) is 2.44. The molecule has 0 spiro atoms. The lowest BCUT2D eigenvalue weighted by molar-refractivity contribution is 0.0529. The van der Waals surface area contributed by atoms with Gasteiger partial charge in [0.25, 0.3) is 0 Å². The molecule has 3 rings (SSSR count). The summed E-state index contributed by atoms with van der Waals surface area (Å²) in [5, 5.41) is 9.83. The average Bonchev–Trinajstić information content (AvgIpc) is 2.77. The molecule has 2 fully saturated rings. The van der Waals surface area contributed by atoms with Crippen LogP contribution in [0.15, 0.2) is 30.3 Å². The summed E-state index contributed by atoms with van der Waals surface area (Å²) in [6, 6.07) is 11.0. The van der Waals surface area contributed by atoms with Crippen molar-refractivity contribution in [3.05, 3.63) is 35.9 Å². The highest BCUT2D eigenvalue weighted by atomic mass is 16.3. The van der Waals surface area contributed by atoms with Crippen LogP contribution in [-0.2, 0) is 6.54 Å². The predicted octanol–water partition coefficient (Wildman–Crippen LogP) is 1.64. The monoisotopic (exact) mass is 203 g/mol. The SMILES string of the molecule is O[C@@H]1C[C@H]2C[C@H]1N(Cc1ccccc1)C2. The van der Waals surface area contributed by atoms with Crippen LogP contribution in [0.3, 0.4) is 0 Å². The minimum absolute atomic E-state index is 0.0764. The maximum atomic E-state index is 9.83. The summed E-state index contributed by atoms with van der Waals surface area (Å²) in [5.74, 6) is 0.744. The van der Waals surface area contributed by atoms with E-state index < -0.39 is 0 Å². The van der Waals surface area contributed by atoms with Crippen LogP contribution in [0.1, 0.15) is 18.4 Å². The van der Waals surface area contributed by atoms with Gasteiger partial charge in [-0.2, -0.15) is 0 Å². The van der Waals surface area contributed by atoms with E-state index in [4.69, 9.17) is 0 Å². The fraction of sp³-hybridized carbons (Fsp3) is 0.538. The van der Waals surface area contributed by atoms with Crippen molar-refractivity contribution in [3.8, 4) is 0 Å². The smallest absolute Gasteiger partial charge is 0.0698 e. The second-order valence-corrected chi connectivity index (χ2v) is 4.89. The summed E-state index contributed by atoms with van der Waals surface area (Å²) in [5.41, 5.74) is 1.36. The zero-order chi connectivity index (χ0) is 10.3. The molecular formula is C13H17NO. The highest BCUT2D eigenvalue weighted by Crippen LogP contribution is 2.38. The van der Waals surface area contributed by atoms with Gasteiger partial charge in [-0.05, 0) is 24.3 Å². The first-order valence-electron chi connectivity index (χ1n) is 5.79. The Morgan fingerprint density at radius 3 is 2.67 bits per heavy atom. The Balaban J connectivity index is 1.70. The first-order chi connectivity index (χ1) is 7.33. The van der Waals surface area contributed by atoms with E-state index in [0.717, 1.165) is 18.9 Å². The van der Waals surface area contributed by atoms with Gasteiger partial charge < -0.3 is 5.11 Å². The number of fused-ring (bicyclic) bond motifs is 2. The van der Waals surface area contributed by atoms with E-state index in [2.05, 4.69) is 35.2 Å². The molecule has 0 amide bonds. The molecule has 1 aromatic rings. The van der Waals surface area contributed by atoms with Gasteiger partial charge in [-0.15, -0.1) is 0 Å². The largest absolute Gasteiger partial charge is 0.391 e. The van der Waals surface area contributed by atoms with Gasteiger partial charge in [-0.25, -0.2) is 0 Å². The Morgan fingerprint density at radius 1 is 1.20 bits per heavy atom. The van der Waals surface area contributed by atoms with E-state index in [1.165, 1.54) is 18.5 Å².